The average Bonchev–Trinajstić information content (AvgIpc) is 2.81. The molecule has 0 spiro atoms. The van der Waals surface area contributed by atoms with Gasteiger partial charge in [0.2, 0.25) is 5.78 Å². The number of Topliss-reactive ketones (excluding diaryl/α,β-unsaturated/α-hetero) is 1. The minimum absolute atomic E-state index is 0.123. The molecule has 0 aliphatic carbocycles. The van der Waals surface area contributed by atoms with Gasteiger partial charge in [-0.2, -0.15) is 0 Å². The number of carbonyl (C=O) groups excluding carboxylic acids is 3. The van der Waals surface area contributed by atoms with Gasteiger partial charge in [-0.25, -0.2) is 0 Å². The summed E-state index contributed by atoms with van der Waals surface area (Å²) in [6.45, 7) is 3.86. The molecule has 0 heterocycles. The van der Waals surface area contributed by atoms with Gasteiger partial charge in [0.1, 0.15) is 0 Å². The van der Waals surface area contributed by atoms with E-state index in [1.807, 2.05) is 62.4 Å². The van der Waals surface area contributed by atoms with Gasteiger partial charge in [-0.15, -0.1) is 0 Å². The Hall–Kier alpha value is -3.47. The predicted molar refractivity (Wildman–Crippen MR) is 126 cm³/mol. The highest BCUT2D eigenvalue weighted by atomic mass is 16.5. The molecule has 0 aliphatic heterocycles. The second kappa shape index (κ2) is 13.1. The number of methoxy groups -OCH3 is 1. The first kappa shape index (κ1) is 24.8. The third-order valence-electron chi connectivity index (χ3n) is 4.88. The van der Waals surface area contributed by atoms with Crippen LogP contribution in [0.3, 0.4) is 0 Å². The van der Waals surface area contributed by atoms with Gasteiger partial charge < -0.3 is 9.47 Å². The molecule has 32 heavy (non-hydrogen) atoms. The number of allylic oxidation sites excluding steroid dienone is 2. The van der Waals surface area contributed by atoms with Crippen LogP contribution in [0, 0.1) is 0 Å². The molecule has 0 saturated heterocycles. The number of benzene rings is 2. The molecule has 2 aromatic rings. The molecule has 0 radical (unpaired) electrons. The predicted octanol–water partition coefficient (Wildman–Crippen LogP) is 5.95. The van der Waals surface area contributed by atoms with E-state index in [-0.39, 0.29) is 24.6 Å². The van der Waals surface area contributed by atoms with Gasteiger partial charge >= 0.3 is 11.9 Å². The largest absolute Gasteiger partial charge is 0.469 e. The zero-order valence-corrected chi connectivity index (χ0v) is 18.9. The lowest BCUT2D eigenvalue weighted by atomic mass is 9.97. The molecule has 2 aromatic carbocycles. The minimum Gasteiger partial charge on any atom is -0.469 e. The average molecular weight is 435 g/mol. The summed E-state index contributed by atoms with van der Waals surface area (Å²) in [6, 6.07) is 14.6. The van der Waals surface area contributed by atoms with Crippen LogP contribution < -0.4 is 0 Å². The molecule has 0 saturated carbocycles. The van der Waals surface area contributed by atoms with Crippen molar-refractivity contribution in [3.63, 3.8) is 0 Å². The number of unbranched alkanes of at least 4 members (excludes halogenated alkanes) is 1. The first-order valence-corrected chi connectivity index (χ1v) is 10.7. The standard InChI is InChI=1S/C27H30O5/c1-4-8-20-12-16-22(17-13-20)26(30)27(23-18-14-21(9-5-2)15-19-23)32-25(29)11-7-6-10-24(28)31-3/h4-5,8-9,12-19,27H,6-7,10-11H2,1-3H3/b8-4+,9-5+. The van der Waals surface area contributed by atoms with Crippen LogP contribution in [0.1, 0.15) is 72.7 Å². The topological polar surface area (TPSA) is 69.7 Å². The lowest BCUT2D eigenvalue weighted by Crippen LogP contribution is -2.20. The smallest absolute Gasteiger partial charge is 0.306 e. The van der Waals surface area contributed by atoms with Gasteiger partial charge in [0, 0.05) is 24.0 Å². The number of ether oxygens (including phenoxy) is 2. The Morgan fingerprint density at radius 2 is 1.28 bits per heavy atom. The Morgan fingerprint density at radius 3 is 1.78 bits per heavy atom. The first-order chi connectivity index (χ1) is 15.5. The summed E-state index contributed by atoms with van der Waals surface area (Å²) in [6.07, 6.45) is 8.09. The van der Waals surface area contributed by atoms with Crippen molar-refractivity contribution < 1.29 is 23.9 Å². The fourth-order valence-corrected chi connectivity index (χ4v) is 3.18. The van der Waals surface area contributed by atoms with E-state index >= 15 is 0 Å². The van der Waals surface area contributed by atoms with Crippen molar-refractivity contribution in [2.75, 3.05) is 7.11 Å². The molecule has 2 rings (SSSR count). The molecular weight excluding hydrogens is 404 g/mol. The fourth-order valence-electron chi connectivity index (χ4n) is 3.18. The molecule has 0 aliphatic rings. The third-order valence-corrected chi connectivity index (χ3v) is 4.88. The lowest BCUT2D eigenvalue weighted by Gasteiger charge is -2.18. The van der Waals surface area contributed by atoms with Gasteiger partial charge in [0.15, 0.2) is 6.10 Å². The third kappa shape index (κ3) is 7.65. The maximum Gasteiger partial charge on any atom is 0.306 e. The first-order valence-electron chi connectivity index (χ1n) is 10.7. The summed E-state index contributed by atoms with van der Waals surface area (Å²) in [5.41, 5.74) is 3.06. The summed E-state index contributed by atoms with van der Waals surface area (Å²) in [7, 11) is 1.33. The van der Waals surface area contributed by atoms with Crippen LogP contribution in [0.5, 0.6) is 0 Å². The molecule has 0 aromatic heterocycles. The minimum atomic E-state index is -1.03. The summed E-state index contributed by atoms with van der Waals surface area (Å²) in [5, 5.41) is 0. The van der Waals surface area contributed by atoms with Crippen molar-refractivity contribution >= 4 is 29.9 Å². The van der Waals surface area contributed by atoms with Crippen LogP contribution >= 0.6 is 0 Å². The quantitative estimate of drug-likeness (QED) is 0.248. The van der Waals surface area contributed by atoms with E-state index in [1.165, 1.54) is 7.11 Å². The Morgan fingerprint density at radius 1 is 0.781 bits per heavy atom. The number of hydrogen-bond acceptors (Lipinski definition) is 5. The van der Waals surface area contributed by atoms with Crippen molar-refractivity contribution in [2.45, 2.75) is 45.6 Å². The van der Waals surface area contributed by atoms with Crippen molar-refractivity contribution in [1.29, 1.82) is 0 Å². The molecule has 5 heteroatoms. The van der Waals surface area contributed by atoms with E-state index in [2.05, 4.69) is 4.74 Å². The monoisotopic (exact) mass is 434 g/mol. The highest BCUT2D eigenvalue weighted by Crippen LogP contribution is 2.25. The maximum atomic E-state index is 13.2. The van der Waals surface area contributed by atoms with E-state index < -0.39 is 12.1 Å². The molecule has 0 N–H and O–H groups in total. The number of ketones is 1. The molecule has 0 bridgehead atoms. The van der Waals surface area contributed by atoms with Gasteiger partial charge in [0.05, 0.1) is 7.11 Å². The Labute approximate surface area is 189 Å². The van der Waals surface area contributed by atoms with Crippen LogP contribution in [0.15, 0.2) is 60.7 Å². The summed E-state index contributed by atoms with van der Waals surface area (Å²) >= 11 is 0. The lowest BCUT2D eigenvalue weighted by molar-refractivity contribution is -0.148. The molecule has 1 atom stereocenters. The van der Waals surface area contributed by atoms with E-state index in [1.54, 1.807) is 24.3 Å². The second-order valence-corrected chi connectivity index (χ2v) is 7.31. The molecule has 1 unspecified atom stereocenters. The molecule has 0 fully saturated rings. The number of hydrogen-bond donors (Lipinski definition) is 0. The summed E-state index contributed by atoms with van der Waals surface area (Å²) in [4.78, 5) is 36.9. The van der Waals surface area contributed by atoms with Gasteiger partial charge in [-0.3, -0.25) is 14.4 Å². The number of rotatable bonds is 11. The highest BCUT2D eigenvalue weighted by molar-refractivity contribution is 6.01. The zero-order chi connectivity index (χ0) is 23.3. The normalized spacial score (nSPS) is 12.1. The molecular formula is C27H30O5. The maximum absolute atomic E-state index is 13.2. The van der Waals surface area contributed by atoms with Crippen molar-refractivity contribution in [3.05, 3.63) is 82.9 Å². The Bertz CT molecular complexity index is 953. The second-order valence-electron chi connectivity index (χ2n) is 7.31. The van der Waals surface area contributed by atoms with Crippen molar-refractivity contribution in [2.24, 2.45) is 0 Å². The van der Waals surface area contributed by atoms with Crippen LogP contribution in [-0.4, -0.2) is 24.8 Å². The van der Waals surface area contributed by atoms with E-state index in [0.29, 0.717) is 24.0 Å². The van der Waals surface area contributed by atoms with Gasteiger partial charge in [-0.05, 0) is 37.8 Å². The molecule has 0 amide bonds. The number of carbonyl (C=O) groups is 3. The van der Waals surface area contributed by atoms with E-state index in [0.717, 1.165) is 11.1 Å². The van der Waals surface area contributed by atoms with Crippen LogP contribution in [0.4, 0.5) is 0 Å². The van der Waals surface area contributed by atoms with Gasteiger partial charge in [0.25, 0.3) is 0 Å². The summed E-state index contributed by atoms with van der Waals surface area (Å²) in [5.74, 6) is -1.07. The van der Waals surface area contributed by atoms with Crippen molar-refractivity contribution in [1.82, 2.24) is 0 Å². The summed E-state index contributed by atoms with van der Waals surface area (Å²) < 4.78 is 10.2. The van der Waals surface area contributed by atoms with Crippen LogP contribution in [0.2, 0.25) is 0 Å². The Kier molecular flexibility index (Phi) is 10.1. The zero-order valence-electron chi connectivity index (χ0n) is 18.9. The molecule has 168 valence electrons. The molecule has 5 nitrogen and oxygen atoms in total. The van der Waals surface area contributed by atoms with Gasteiger partial charge in [-0.1, -0.05) is 72.8 Å². The van der Waals surface area contributed by atoms with Crippen molar-refractivity contribution in [3.8, 4) is 0 Å². The van der Waals surface area contributed by atoms with Crippen LogP contribution in [-0.2, 0) is 19.1 Å². The van der Waals surface area contributed by atoms with Crippen LogP contribution in [0.25, 0.3) is 12.2 Å². The van der Waals surface area contributed by atoms with E-state index in [9.17, 15) is 14.4 Å². The van der Waals surface area contributed by atoms with E-state index in [4.69, 9.17) is 4.74 Å². The fraction of sp³-hybridized carbons (Fsp3) is 0.296. The highest BCUT2D eigenvalue weighted by Gasteiger charge is 2.26. The number of esters is 2. The Balaban J connectivity index is 2.17. The SMILES string of the molecule is C/C=C/c1ccc(C(=O)C(OC(=O)CCCCC(=O)OC)c2ccc(/C=C/C)cc2)cc1.